The number of aliphatic hydroxyl groups excluding tert-OH is 1. The second kappa shape index (κ2) is 6.51. The Balaban J connectivity index is 2.44. The molecular weight excluding hydrogens is 240 g/mol. The van der Waals surface area contributed by atoms with E-state index in [1.807, 2.05) is 20.8 Å². The zero-order valence-corrected chi connectivity index (χ0v) is 11.0. The van der Waals surface area contributed by atoms with Gasteiger partial charge in [0.2, 0.25) is 5.13 Å². The fraction of sp³-hybridized carbons (Fsp3) is 0.700. The summed E-state index contributed by atoms with van der Waals surface area (Å²) in [6.07, 6.45) is 0.804. The highest BCUT2D eigenvalue weighted by Crippen LogP contribution is 2.15. The van der Waals surface area contributed by atoms with Crippen LogP contribution in [0.2, 0.25) is 0 Å². The molecule has 0 aliphatic carbocycles. The van der Waals surface area contributed by atoms with Crippen molar-refractivity contribution in [3.63, 3.8) is 0 Å². The van der Waals surface area contributed by atoms with E-state index in [1.54, 1.807) is 0 Å². The van der Waals surface area contributed by atoms with Gasteiger partial charge in [0.05, 0.1) is 0 Å². The molecule has 17 heavy (non-hydrogen) atoms. The van der Waals surface area contributed by atoms with Crippen LogP contribution < -0.4 is 10.6 Å². The van der Waals surface area contributed by atoms with Crippen molar-refractivity contribution < 1.29 is 9.90 Å². The molecule has 1 aromatic heterocycles. The van der Waals surface area contributed by atoms with Gasteiger partial charge >= 0.3 is 6.03 Å². The van der Waals surface area contributed by atoms with Crippen LogP contribution in [-0.4, -0.2) is 34.0 Å². The number of aryl methyl sites for hydroxylation is 1. The van der Waals surface area contributed by atoms with Crippen molar-refractivity contribution in [3.05, 3.63) is 5.01 Å². The molecule has 2 amide bonds. The molecule has 0 unspecified atom stereocenters. The standard InChI is InChI=1S/C10H18N4O2S/c1-4-8-13-14-10(17-8)12-9(16)11-7(3)6(2)5-15/h6-7,15H,4-5H2,1-3H3,(H2,11,12,14,16)/t6-,7-/m0/s1. The molecule has 0 spiro atoms. The maximum absolute atomic E-state index is 11.6. The largest absolute Gasteiger partial charge is 0.396 e. The molecule has 0 saturated carbocycles. The topological polar surface area (TPSA) is 87.1 Å². The van der Waals surface area contributed by atoms with Crippen molar-refractivity contribution in [2.75, 3.05) is 11.9 Å². The monoisotopic (exact) mass is 258 g/mol. The van der Waals surface area contributed by atoms with Crippen LogP contribution in [0, 0.1) is 5.92 Å². The Morgan fingerprint density at radius 1 is 1.47 bits per heavy atom. The lowest BCUT2D eigenvalue weighted by Gasteiger charge is -2.18. The summed E-state index contributed by atoms with van der Waals surface area (Å²) in [6.45, 7) is 5.73. The van der Waals surface area contributed by atoms with Crippen LogP contribution in [0.25, 0.3) is 0 Å². The molecule has 0 aromatic carbocycles. The summed E-state index contributed by atoms with van der Waals surface area (Å²) in [5, 5.41) is 23.4. The molecule has 0 aliphatic rings. The number of carbonyl (C=O) groups excluding carboxylic acids is 1. The number of aromatic nitrogens is 2. The highest BCUT2D eigenvalue weighted by atomic mass is 32.1. The first-order chi connectivity index (χ1) is 8.06. The van der Waals surface area contributed by atoms with Gasteiger partial charge in [0.15, 0.2) is 0 Å². The van der Waals surface area contributed by atoms with Crippen LogP contribution in [0.15, 0.2) is 0 Å². The van der Waals surface area contributed by atoms with Crippen molar-refractivity contribution in [2.45, 2.75) is 33.2 Å². The summed E-state index contributed by atoms with van der Waals surface area (Å²) in [7, 11) is 0. The van der Waals surface area contributed by atoms with Gasteiger partial charge in [-0.15, -0.1) is 10.2 Å². The summed E-state index contributed by atoms with van der Waals surface area (Å²) in [4.78, 5) is 11.6. The minimum atomic E-state index is -0.323. The zero-order chi connectivity index (χ0) is 12.8. The average Bonchev–Trinajstić information content (AvgIpc) is 2.75. The van der Waals surface area contributed by atoms with Gasteiger partial charge < -0.3 is 10.4 Å². The maximum Gasteiger partial charge on any atom is 0.321 e. The predicted octanol–water partition coefficient (Wildman–Crippen LogP) is 1.24. The van der Waals surface area contributed by atoms with Crippen molar-refractivity contribution in [1.29, 1.82) is 0 Å². The number of amides is 2. The summed E-state index contributed by atoms with van der Waals surface area (Å²) < 4.78 is 0. The van der Waals surface area contributed by atoms with Gasteiger partial charge in [-0.25, -0.2) is 4.79 Å². The molecule has 1 aromatic rings. The van der Waals surface area contributed by atoms with Gasteiger partial charge in [-0.05, 0) is 19.3 Å². The summed E-state index contributed by atoms with van der Waals surface area (Å²) >= 11 is 1.36. The number of nitrogens with one attached hydrogen (secondary N) is 2. The molecular formula is C10H18N4O2S. The lowest BCUT2D eigenvalue weighted by atomic mass is 10.1. The number of urea groups is 1. The van der Waals surface area contributed by atoms with Crippen LogP contribution in [0.5, 0.6) is 0 Å². The summed E-state index contributed by atoms with van der Waals surface area (Å²) in [5.41, 5.74) is 0. The van der Waals surface area contributed by atoms with E-state index in [0.717, 1.165) is 11.4 Å². The minimum absolute atomic E-state index is 0.0152. The van der Waals surface area contributed by atoms with Crippen LogP contribution in [0.1, 0.15) is 25.8 Å². The Bertz CT molecular complexity index is 369. The van der Waals surface area contributed by atoms with Crippen molar-refractivity contribution in [1.82, 2.24) is 15.5 Å². The first kappa shape index (κ1) is 13.9. The van der Waals surface area contributed by atoms with Crippen LogP contribution in [0.4, 0.5) is 9.93 Å². The van der Waals surface area contributed by atoms with Crippen LogP contribution in [0.3, 0.4) is 0 Å². The number of anilines is 1. The molecule has 1 rings (SSSR count). The average molecular weight is 258 g/mol. The molecule has 3 N–H and O–H groups in total. The second-order valence-corrected chi connectivity index (χ2v) is 4.96. The van der Waals surface area contributed by atoms with E-state index in [-0.39, 0.29) is 24.6 Å². The van der Waals surface area contributed by atoms with Gasteiger partial charge in [0.25, 0.3) is 0 Å². The first-order valence-corrected chi connectivity index (χ1v) is 6.39. The van der Waals surface area contributed by atoms with Crippen LogP contribution in [-0.2, 0) is 6.42 Å². The Hall–Kier alpha value is -1.21. The number of hydrogen-bond donors (Lipinski definition) is 3. The maximum atomic E-state index is 11.6. The third-order valence-electron chi connectivity index (χ3n) is 2.49. The second-order valence-electron chi connectivity index (χ2n) is 3.90. The van der Waals surface area contributed by atoms with Gasteiger partial charge in [-0.3, -0.25) is 5.32 Å². The molecule has 0 fully saturated rings. The molecule has 0 radical (unpaired) electrons. The minimum Gasteiger partial charge on any atom is -0.396 e. The van der Waals surface area contributed by atoms with Gasteiger partial charge in [-0.1, -0.05) is 25.2 Å². The molecule has 6 nitrogen and oxygen atoms in total. The number of aliphatic hydroxyl groups is 1. The Kier molecular flexibility index (Phi) is 5.30. The lowest BCUT2D eigenvalue weighted by Crippen LogP contribution is -2.40. The molecule has 0 aliphatic heterocycles. The van der Waals surface area contributed by atoms with E-state index in [1.165, 1.54) is 11.3 Å². The quantitative estimate of drug-likeness (QED) is 0.741. The van der Waals surface area contributed by atoms with E-state index in [4.69, 9.17) is 5.11 Å². The van der Waals surface area contributed by atoms with E-state index in [0.29, 0.717) is 5.13 Å². The molecule has 96 valence electrons. The summed E-state index contributed by atoms with van der Waals surface area (Å²) in [6, 6.07) is -0.421. The molecule has 0 saturated heterocycles. The lowest BCUT2D eigenvalue weighted by molar-refractivity contribution is 0.204. The predicted molar refractivity (Wildman–Crippen MR) is 67.2 cm³/mol. The highest BCUT2D eigenvalue weighted by molar-refractivity contribution is 7.15. The Morgan fingerprint density at radius 2 is 2.18 bits per heavy atom. The third kappa shape index (κ3) is 4.27. The SMILES string of the molecule is CCc1nnc(NC(=O)N[C@@H](C)[C@@H](C)CO)s1. The van der Waals surface area contributed by atoms with Gasteiger partial charge in [0, 0.05) is 12.6 Å². The molecule has 7 heteroatoms. The normalized spacial score (nSPS) is 14.1. The van der Waals surface area contributed by atoms with E-state index in [2.05, 4.69) is 20.8 Å². The molecule has 1 heterocycles. The third-order valence-corrected chi connectivity index (χ3v) is 3.47. The fourth-order valence-electron chi connectivity index (χ4n) is 1.09. The first-order valence-electron chi connectivity index (χ1n) is 5.57. The van der Waals surface area contributed by atoms with Crippen molar-refractivity contribution in [2.24, 2.45) is 5.92 Å². The van der Waals surface area contributed by atoms with E-state index < -0.39 is 0 Å². The highest BCUT2D eigenvalue weighted by Gasteiger charge is 2.14. The smallest absolute Gasteiger partial charge is 0.321 e. The van der Waals surface area contributed by atoms with E-state index in [9.17, 15) is 4.79 Å². The van der Waals surface area contributed by atoms with Gasteiger partial charge in [0.1, 0.15) is 5.01 Å². The zero-order valence-electron chi connectivity index (χ0n) is 10.2. The molecule has 2 atom stereocenters. The number of rotatable bonds is 5. The van der Waals surface area contributed by atoms with E-state index >= 15 is 0 Å². The summed E-state index contributed by atoms with van der Waals surface area (Å²) in [5.74, 6) is 0.0152. The number of hydrogen-bond acceptors (Lipinski definition) is 5. The van der Waals surface area contributed by atoms with Crippen LogP contribution >= 0.6 is 11.3 Å². The van der Waals surface area contributed by atoms with Crippen molar-refractivity contribution in [3.8, 4) is 0 Å². The molecule has 0 bridgehead atoms. The Morgan fingerprint density at radius 3 is 2.71 bits per heavy atom. The number of nitrogens with zero attached hydrogens (tertiary/aromatic N) is 2. The van der Waals surface area contributed by atoms with Crippen molar-refractivity contribution >= 4 is 22.5 Å². The fourth-order valence-corrected chi connectivity index (χ4v) is 1.76. The Labute approximate surface area is 104 Å². The number of carbonyl (C=O) groups is 1. The van der Waals surface area contributed by atoms with Gasteiger partial charge in [-0.2, -0.15) is 0 Å².